The van der Waals surface area contributed by atoms with Crippen molar-refractivity contribution in [2.75, 3.05) is 6.54 Å². The molecule has 1 aliphatic rings. The summed E-state index contributed by atoms with van der Waals surface area (Å²) in [6, 6.07) is 5.14. The minimum Gasteiger partial charge on any atom is -0.481 e. The second-order valence-electron chi connectivity index (χ2n) is 10.7. The second-order valence-corrected chi connectivity index (χ2v) is 10.7. The summed E-state index contributed by atoms with van der Waals surface area (Å²) in [6.45, 7) is 7.30. The molecule has 0 aliphatic carbocycles. The van der Waals surface area contributed by atoms with Gasteiger partial charge in [-0.2, -0.15) is 0 Å². The molecule has 4 N–H and O–H groups in total. The number of benzene rings is 1. The van der Waals surface area contributed by atoms with E-state index in [1.807, 2.05) is 39.8 Å². The first-order valence-corrected chi connectivity index (χ1v) is 12.7. The predicted octanol–water partition coefficient (Wildman–Crippen LogP) is 2.37. The van der Waals surface area contributed by atoms with Crippen molar-refractivity contribution in [2.45, 2.75) is 90.4 Å². The zero-order valence-corrected chi connectivity index (χ0v) is 22.1. The monoisotopic (exact) mass is 513 g/mol. The maximum absolute atomic E-state index is 13.6. The van der Waals surface area contributed by atoms with Crippen molar-refractivity contribution in [1.29, 1.82) is 0 Å². The van der Waals surface area contributed by atoms with Gasteiger partial charge in [0.15, 0.2) is 0 Å². The lowest BCUT2D eigenvalue weighted by Crippen LogP contribution is -2.57. The lowest BCUT2D eigenvalue weighted by molar-refractivity contribution is -0.144. The van der Waals surface area contributed by atoms with Crippen molar-refractivity contribution in [2.24, 2.45) is 5.41 Å². The number of hydrogen-bond acceptors (Lipinski definition) is 5. The third-order valence-corrected chi connectivity index (χ3v) is 6.51. The van der Waals surface area contributed by atoms with E-state index in [4.69, 9.17) is 11.5 Å². The molecule has 4 atom stereocenters. The van der Waals surface area contributed by atoms with Crippen LogP contribution in [0, 0.1) is 17.8 Å². The minimum atomic E-state index is -0.895. The molecule has 1 aliphatic heterocycles. The molecule has 1 aromatic carbocycles. The van der Waals surface area contributed by atoms with Crippen molar-refractivity contribution >= 4 is 23.7 Å². The molecule has 9 nitrogen and oxygen atoms in total. The number of carboxylic acid groups (broad SMARTS) is 1. The zero-order valence-electron chi connectivity index (χ0n) is 22.1. The number of nitrogens with zero attached hydrogens (tertiary/aromatic N) is 1. The third-order valence-electron chi connectivity index (χ3n) is 6.51. The summed E-state index contributed by atoms with van der Waals surface area (Å²) in [6.07, 6.45) is 6.47. The Kier molecular flexibility index (Phi) is 10.7. The van der Waals surface area contributed by atoms with Crippen LogP contribution in [-0.2, 0) is 19.2 Å². The standard InChI is InChI=1S/C28H39N3O6/c1-6-19-12-14-20(15-13-19)18(2)29-26(36)22-16-21(32)17-31(22)27(37)25(28(3,4)5)30-23(33)10-8-7-9-11-24(34)35/h1,12-15,18,21-22,25,32H,7-11,16-17H2,2-5H3,(H,29,36)(H,30,33)(H,34,35)/t18-,21+,22-,25?/m0/s1. The molecule has 0 radical (unpaired) electrons. The number of carbonyl (C=O) groups excluding carboxylic acids is 3. The molecule has 1 aromatic rings. The molecular formula is C28H39N3O6. The van der Waals surface area contributed by atoms with E-state index in [2.05, 4.69) is 16.6 Å². The SMILES string of the molecule is C#Cc1ccc([C@H](C)NC(=O)[C@@H]2C[C@@H](O)CN2C(=O)C(NC(=O)CCCCCC(=O)O)C(C)(C)C)cc1. The Morgan fingerprint density at radius 1 is 1.08 bits per heavy atom. The molecule has 202 valence electrons. The van der Waals surface area contributed by atoms with E-state index in [9.17, 15) is 24.3 Å². The van der Waals surface area contributed by atoms with Gasteiger partial charge in [0, 0.05) is 31.4 Å². The van der Waals surface area contributed by atoms with Gasteiger partial charge >= 0.3 is 5.97 Å². The highest BCUT2D eigenvalue weighted by Gasteiger charge is 2.44. The summed E-state index contributed by atoms with van der Waals surface area (Å²) in [5.74, 6) is 0.566. The van der Waals surface area contributed by atoms with Crippen LogP contribution >= 0.6 is 0 Å². The maximum Gasteiger partial charge on any atom is 0.303 e. The van der Waals surface area contributed by atoms with Crippen LogP contribution in [0.1, 0.15) is 83.4 Å². The van der Waals surface area contributed by atoms with Gasteiger partial charge in [0.2, 0.25) is 17.7 Å². The van der Waals surface area contributed by atoms with Crippen LogP contribution in [0.2, 0.25) is 0 Å². The second kappa shape index (κ2) is 13.2. The average molecular weight is 514 g/mol. The zero-order chi connectivity index (χ0) is 27.8. The maximum atomic E-state index is 13.6. The number of carbonyl (C=O) groups is 4. The van der Waals surface area contributed by atoms with E-state index in [0.29, 0.717) is 19.3 Å². The number of amides is 3. The van der Waals surface area contributed by atoms with Crippen LogP contribution in [0.4, 0.5) is 0 Å². The van der Waals surface area contributed by atoms with E-state index in [1.54, 1.807) is 12.1 Å². The molecule has 2 rings (SSSR count). The van der Waals surface area contributed by atoms with Gasteiger partial charge in [-0.1, -0.05) is 45.2 Å². The summed E-state index contributed by atoms with van der Waals surface area (Å²) in [7, 11) is 0. The molecular weight excluding hydrogens is 474 g/mol. The first kappa shape index (κ1) is 29.8. The number of rotatable bonds is 11. The summed E-state index contributed by atoms with van der Waals surface area (Å²) >= 11 is 0. The Labute approximate surface area is 219 Å². The highest BCUT2D eigenvalue weighted by atomic mass is 16.4. The number of aliphatic hydroxyl groups excluding tert-OH is 1. The number of nitrogens with one attached hydrogen (secondary N) is 2. The molecule has 1 unspecified atom stereocenters. The van der Waals surface area contributed by atoms with Gasteiger partial charge in [-0.15, -0.1) is 6.42 Å². The quantitative estimate of drug-likeness (QED) is 0.265. The first-order chi connectivity index (χ1) is 17.3. The van der Waals surface area contributed by atoms with Gasteiger partial charge in [-0.25, -0.2) is 0 Å². The molecule has 1 heterocycles. The van der Waals surface area contributed by atoms with E-state index in [0.717, 1.165) is 11.1 Å². The Balaban J connectivity index is 2.06. The Morgan fingerprint density at radius 2 is 1.70 bits per heavy atom. The predicted molar refractivity (Wildman–Crippen MR) is 139 cm³/mol. The van der Waals surface area contributed by atoms with Crippen LogP contribution in [0.5, 0.6) is 0 Å². The fraction of sp³-hybridized carbons (Fsp3) is 0.571. The van der Waals surface area contributed by atoms with Crippen molar-refractivity contribution < 1.29 is 29.4 Å². The van der Waals surface area contributed by atoms with Crippen LogP contribution in [0.15, 0.2) is 24.3 Å². The van der Waals surface area contributed by atoms with Crippen molar-refractivity contribution in [1.82, 2.24) is 15.5 Å². The van der Waals surface area contributed by atoms with E-state index in [-0.39, 0.29) is 43.7 Å². The van der Waals surface area contributed by atoms with E-state index < -0.39 is 35.5 Å². The van der Waals surface area contributed by atoms with Crippen molar-refractivity contribution in [3.8, 4) is 12.3 Å². The molecule has 37 heavy (non-hydrogen) atoms. The van der Waals surface area contributed by atoms with Crippen LogP contribution in [0.3, 0.4) is 0 Å². The van der Waals surface area contributed by atoms with Gasteiger partial charge in [0.25, 0.3) is 0 Å². The fourth-order valence-electron chi connectivity index (χ4n) is 4.35. The van der Waals surface area contributed by atoms with Crippen molar-refractivity contribution in [3.63, 3.8) is 0 Å². The topological polar surface area (TPSA) is 136 Å². The molecule has 0 aromatic heterocycles. The number of carboxylic acids is 1. The van der Waals surface area contributed by atoms with Gasteiger partial charge in [-0.3, -0.25) is 19.2 Å². The lowest BCUT2D eigenvalue weighted by atomic mass is 9.85. The van der Waals surface area contributed by atoms with E-state index in [1.165, 1.54) is 4.90 Å². The number of terminal acetylenes is 1. The molecule has 1 fully saturated rings. The van der Waals surface area contributed by atoms with Crippen LogP contribution in [-0.4, -0.2) is 63.5 Å². The van der Waals surface area contributed by atoms with Gasteiger partial charge in [-0.05, 0) is 42.9 Å². The number of aliphatic hydroxyl groups is 1. The smallest absolute Gasteiger partial charge is 0.303 e. The van der Waals surface area contributed by atoms with Gasteiger partial charge in [0.1, 0.15) is 12.1 Å². The van der Waals surface area contributed by atoms with Gasteiger partial charge < -0.3 is 25.7 Å². The van der Waals surface area contributed by atoms with Gasteiger partial charge in [0.05, 0.1) is 12.1 Å². The van der Waals surface area contributed by atoms with Crippen LogP contribution < -0.4 is 10.6 Å². The molecule has 0 bridgehead atoms. The summed E-state index contributed by atoms with van der Waals surface area (Å²) in [4.78, 5) is 51.4. The number of β-amino-alcohol motifs (C(OH)–C–C–N with tert-alkyl or cyclic N) is 1. The third kappa shape index (κ3) is 8.90. The fourth-order valence-corrected chi connectivity index (χ4v) is 4.35. The molecule has 1 saturated heterocycles. The number of hydrogen-bond donors (Lipinski definition) is 4. The number of aliphatic carboxylic acids is 1. The van der Waals surface area contributed by atoms with E-state index >= 15 is 0 Å². The molecule has 0 spiro atoms. The highest BCUT2D eigenvalue weighted by Crippen LogP contribution is 2.27. The highest BCUT2D eigenvalue weighted by molar-refractivity contribution is 5.93. The number of unbranched alkanes of at least 4 members (excludes halogenated alkanes) is 2. The summed E-state index contributed by atoms with van der Waals surface area (Å²) in [5.41, 5.74) is 0.942. The molecule has 9 heteroatoms. The summed E-state index contributed by atoms with van der Waals surface area (Å²) in [5, 5.41) is 24.8. The minimum absolute atomic E-state index is 0.000192. The molecule has 3 amide bonds. The van der Waals surface area contributed by atoms with Crippen LogP contribution in [0.25, 0.3) is 0 Å². The Morgan fingerprint density at radius 3 is 2.27 bits per heavy atom. The largest absolute Gasteiger partial charge is 0.481 e. The Bertz CT molecular complexity index is 1010. The average Bonchev–Trinajstić information content (AvgIpc) is 3.22. The number of likely N-dealkylation sites (tertiary alicyclic amines) is 1. The summed E-state index contributed by atoms with van der Waals surface area (Å²) < 4.78 is 0. The lowest BCUT2D eigenvalue weighted by Gasteiger charge is -2.35. The normalized spacial score (nSPS) is 19.0. The molecule has 0 saturated carbocycles. The Hall–Kier alpha value is -3.38. The first-order valence-electron chi connectivity index (χ1n) is 12.7. The van der Waals surface area contributed by atoms with Crippen molar-refractivity contribution in [3.05, 3.63) is 35.4 Å².